The Morgan fingerprint density at radius 3 is 3.15 bits per heavy atom. The smallest absolute Gasteiger partial charge is 0.225 e. The number of anilines is 2. The second-order valence-electron chi connectivity index (χ2n) is 5.07. The van der Waals surface area contributed by atoms with Crippen molar-refractivity contribution in [2.75, 3.05) is 50.9 Å². The van der Waals surface area contributed by atoms with Crippen LogP contribution in [0.3, 0.4) is 0 Å². The van der Waals surface area contributed by atoms with Crippen LogP contribution in [-0.4, -0.2) is 59.9 Å². The molecule has 0 bridgehead atoms. The molecule has 1 aromatic rings. The Balaban J connectivity index is 1.79. The molecule has 2 rings (SSSR count). The van der Waals surface area contributed by atoms with E-state index in [2.05, 4.69) is 20.2 Å². The Bertz CT molecular complexity index is 429. The summed E-state index contributed by atoms with van der Waals surface area (Å²) in [5, 5.41) is 12.4. The number of hydrogen-bond donors (Lipinski definition) is 3. The lowest BCUT2D eigenvalue weighted by atomic mass is 9.99. The highest BCUT2D eigenvalue weighted by atomic mass is 16.5. The summed E-state index contributed by atoms with van der Waals surface area (Å²) in [5.41, 5.74) is 5.61. The molecule has 4 N–H and O–H groups in total. The van der Waals surface area contributed by atoms with Gasteiger partial charge in [-0.25, -0.2) is 0 Å². The van der Waals surface area contributed by atoms with E-state index in [9.17, 15) is 5.11 Å². The summed E-state index contributed by atoms with van der Waals surface area (Å²) in [7, 11) is 1.55. The number of ether oxygens (including phenoxy) is 1. The van der Waals surface area contributed by atoms with E-state index in [-0.39, 0.29) is 12.6 Å². The SMILES string of the molecule is COc1cc(NCCN2CCCC(CO)C2)nc(N)n1. The molecule has 1 aliphatic rings. The third-order valence-electron chi connectivity index (χ3n) is 3.52. The number of nitrogens with two attached hydrogens (primary N) is 1. The van der Waals surface area contributed by atoms with Gasteiger partial charge in [-0.2, -0.15) is 9.97 Å². The molecular formula is C13H23N5O2. The van der Waals surface area contributed by atoms with Gasteiger partial charge in [-0.05, 0) is 25.3 Å². The molecule has 0 aromatic carbocycles. The average molecular weight is 281 g/mol. The van der Waals surface area contributed by atoms with Gasteiger partial charge < -0.3 is 25.8 Å². The minimum atomic E-state index is 0.199. The van der Waals surface area contributed by atoms with Crippen LogP contribution in [0.4, 0.5) is 11.8 Å². The second-order valence-corrected chi connectivity index (χ2v) is 5.07. The van der Waals surface area contributed by atoms with Gasteiger partial charge in [-0.1, -0.05) is 0 Å². The third kappa shape index (κ3) is 4.21. The second kappa shape index (κ2) is 7.25. The molecule has 2 heterocycles. The molecule has 1 unspecified atom stereocenters. The van der Waals surface area contributed by atoms with Crippen LogP contribution in [0.1, 0.15) is 12.8 Å². The van der Waals surface area contributed by atoms with Crippen LogP contribution in [0.5, 0.6) is 5.88 Å². The minimum Gasteiger partial charge on any atom is -0.481 e. The number of nitrogens with zero attached hydrogens (tertiary/aromatic N) is 3. The Kier molecular flexibility index (Phi) is 5.37. The van der Waals surface area contributed by atoms with Gasteiger partial charge in [-0.15, -0.1) is 0 Å². The fraction of sp³-hybridized carbons (Fsp3) is 0.692. The van der Waals surface area contributed by atoms with Gasteiger partial charge >= 0.3 is 0 Å². The number of rotatable bonds is 6. The van der Waals surface area contributed by atoms with E-state index in [1.54, 1.807) is 13.2 Å². The first-order valence-corrected chi connectivity index (χ1v) is 6.97. The number of nitrogens with one attached hydrogen (secondary N) is 1. The van der Waals surface area contributed by atoms with Crippen LogP contribution >= 0.6 is 0 Å². The predicted octanol–water partition coefficient (Wildman–Crippen LogP) is 0.184. The average Bonchev–Trinajstić information content (AvgIpc) is 2.47. The third-order valence-corrected chi connectivity index (χ3v) is 3.52. The zero-order chi connectivity index (χ0) is 14.4. The summed E-state index contributed by atoms with van der Waals surface area (Å²) < 4.78 is 5.05. The Morgan fingerprint density at radius 2 is 2.40 bits per heavy atom. The molecule has 0 saturated carbocycles. The van der Waals surface area contributed by atoms with Gasteiger partial charge in [0, 0.05) is 32.3 Å². The molecule has 1 fully saturated rings. The molecule has 20 heavy (non-hydrogen) atoms. The van der Waals surface area contributed by atoms with Crippen LogP contribution in [0, 0.1) is 5.92 Å². The largest absolute Gasteiger partial charge is 0.481 e. The van der Waals surface area contributed by atoms with Gasteiger partial charge in [0.05, 0.1) is 7.11 Å². The molecule has 1 saturated heterocycles. The maximum absolute atomic E-state index is 9.21. The van der Waals surface area contributed by atoms with E-state index in [0.29, 0.717) is 17.6 Å². The van der Waals surface area contributed by atoms with E-state index < -0.39 is 0 Å². The van der Waals surface area contributed by atoms with Crippen molar-refractivity contribution in [1.82, 2.24) is 14.9 Å². The standard InChI is InChI=1S/C13H23N5O2/c1-20-12-7-11(16-13(14)17-12)15-4-6-18-5-2-3-10(8-18)9-19/h7,10,19H,2-6,8-9H2,1H3,(H3,14,15,16,17). The number of likely N-dealkylation sites (tertiary alicyclic amines) is 1. The molecule has 1 atom stereocenters. The Labute approximate surface area is 119 Å². The molecule has 7 heteroatoms. The Hall–Kier alpha value is -1.60. The van der Waals surface area contributed by atoms with Crippen LogP contribution < -0.4 is 15.8 Å². The van der Waals surface area contributed by atoms with Crippen molar-refractivity contribution < 1.29 is 9.84 Å². The molecule has 112 valence electrons. The normalized spacial score (nSPS) is 19.8. The summed E-state index contributed by atoms with van der Waals surface area (Å²) in [6, 6.07) is 1.73. The van der Waals surface area contributed by atoms with E-state index in [4.69, 9.17) is 10.5 Å². The van der Waals surface area contributed by atoms with E-state index in [1.807, 2.05) is 0 Å². The van der Waals surface area contributed by atoms with Crippen molar-refractivity contribution in [3.05, 3.63) is 6.07 Å². The molecule has 0 amide bonds. The summed E-state index contributed by atoms with van der Waals surface area (Å²) in [6.45, 7) is 4.03. The van der Waals surface area contributed by atoms with Gasteiger partial charge in [0.2, 0.25) is 11.8 Å². The quantitative estimate of drug-likeness (QED) is 0.684. The molecule has 1 aliphatic heterocycles. The number of methoxy groups -OCH3 is 1. The van der Waals surface area contributed by atoms with Gasteiger partial charge in [0.15, 0.2) is 0 Å². The predicted molar refractivity (Wildman–Crippen MR) is 77.7 cm³/mol. The minimum absolute atomic E-state index is 0.199. The van der Waals surface area contributed by atoms with Gasteiger partial charge in [0.1, 0.15) is 5.82 Å². The molecular weight excluding hydrogens is 258 g/mol. The van der Waals surface area contributed by atoms with E-state index in [0.717, 1.165) is 39.0 Å². The number of nitrogen functional groups attached to an aromatic ring is 1. The first-order chi connectivity index (χ1) is 9.71. The van der Waals surface area contributed by atoms with Gasteiger partial charge in [0.25, 0.3) is 0 Å². The van der Waals surface area contributed by atoms with E-state index in [1.165, 1.54) is 0 Å². The zero-order valence-electron chi connectivity index (χ0n) is 11.9. The lowest BCUT2D eigenvalue weighted by Crippen LogP contribution is -2.39. The number of aromatic nitrogens is 2. The highest BCUT2D eigenvalue weighted by molar-refractivity contribution is 5.42. The fourth-order valence-corrected chi connectivity index (χ4v) is 2.48. The number of piperidine rings is 1. The van der Waals surface area contributed by atoms with Crippen molar-refractivity contribution in [3.63, 3.8) is 0 Å². The van der Waals surface area contributed by atoms with E-state index >= 15 is 0 Å². The zero-order valence-corrected chi connectivity index (χ0v) is 11.9. The molecule has 0 aliphatic carbocycles. The van der Waals surface area contributed by atoms with Crippen molar-refractivity contribution >= 4 is 11.8 Å². The highest BCUT2D eigenvalue weighted by Crippen LogP contribution is 2.16. The van der Waals surface area contributed by atoms with Crippen LogP contribution in [0.25, 0.3) is 0 Å². The first-order valence-electron chi connectivity index (χ1n) is 6.97. The monoisotopic (exact) mass is 281 g/mol. The number of aliphatic hydroxyl groups is 1. The lowest BCUT2D eigenvalue weighted by molar-refractivity contribution is 0.123. The van der Waals surface area contributed by atoms with Crippen LogP contribution in [0.2, 0.25) is 0 Å². The first kappa shape index (κ1) is 14.8. The number of hydrogen-bond acceptors (Lipinski definition) is 7. The molecule has 1 aromatic heterocycles. The van der Waals surface area contributed by atoms with Gasteiger partial charge in [-0.3, -0.25) is 0 Å². The van der Waals surface area contributed by atoms with Crippen molar-refractivity contribution in [1.29, 1.82) is 0 Å². The lowest BCUT2D eigenvalue weighted by Gasteiger charge is -2.31. The molecule has 0 spiro atoms. The highest BCUT2D eigenvalue weighted by Gasteiger charge is 2.18. The molecule has 0 radical (unpaired) electrons. The van der Waals surface area contributed by atoms with Crippen molar-refractivity contribution in [3.8, 4) is 5.88 Å². The maximum Gasteiger partial charge on any atom is 0.225 e. The maximum atomic E-state index is 9.21. The van der Waals surface area contributed by atoms with Crippen molar-refractivity contribution in [2.45, 2.75) is 12.8 Å². The Morgan fingerprint density at radius 1 is 1.55 bits per heavy atom. The van der Waals surface area contributed by atoms with Crippen LogP contribution in [-0.2, 0) is 0 Å². The molecule has 7 nitrogen and oxygen atoms in total. The summed E-state index contributed by atoms with van der Waals surface area (Å²) >= 11 is 0. The van der Waals surface area contributed by atoms with Crippen LogP contribution in [0.15, 0.2) is 6.07 Å². The topological polar surface area (TPSA) is 96.5 Å². The number of aliphatic hydroxyl groups excluding tert-OH is 1. The summed E-state index contributed by atoms with van der Waals surface area (Å²) in [4.78, 5) is 10.4. The fourth-order valence-electron chi connectivity index (χ4n) is 2.48. The summed E-state index contributed by atoms with van der Waals surface area (Å²) in [5.74, 6) is 1.74. The van der Waals surface area contributed by atoms with Crippen molar-refractivity contribution in [2.24, 2.45) is 5.92 Å². The summed E-state index contributed by atoms with van der Waals surface area (Å²) in [6.07, 6.45) is 2.28.